The van der Waals surface area contributed by atoms with Gasteiger partial charge in [0.25, 0.3) is 5.91 Å². The van der Waals surface area contributed by atoms with Crippen molar-refractivity contribution in [3.63, 3.8) is 0 Å². The molecule has 10 heteroatoms. The van der Waals surface area contributed by atoms with Crippen molar-refractivity contribution in [3.8, 4) is 17.3 Å². The average Bonchev–Trinajstić information content (AvgIpc) is 3.37. The number of hydrogen-bond acceptors (Lipinski definition) is 9. The Balaban J connectivity index is 1.34. The number of fused-ring (bicyclic) bond motifs is 6. The summed E-state index contributed by atoms with van der Waals surface area (Å²) in [7, 11) is 0. The van der Waals surface area contributed by atoms with Crippen LogP contribution in [0.2, 0.25) is 0 Å². The van der Waals surface area contributed by atoms with Gasteiger partial charge in [-0.15, -0.1) is 0 Å². The molecule has 2 aliphatic heterocycles. The summed E-state index contributed by atoms with van der Waals surface area (Å²) in [4.78, 5) is 35.9. The minimum absolute atomic E-state index is 0.00977. The van der Waals surface area contributed by atoms with E-state index in [0.29, 0.717) is 46.2 Å². The molecule has 50 heavy (non-hydrogen) atoms. The molecule has 2 unspecified atom stereocenters. The second-order valence-electron chi connectivity index (χ2n) is 16.5. The summed E-state index contributed by atoms with van der Waals surface area (Å²) in [5.74, 6) is 2.16. The molecule has 2 N–H and O–H groups in total. The summed E-state index contributed by atoms with van der Waals surface area (Å²) in [6, 6.07) is 19.7. The van der Waals surface area contributed by atoms with Crippen LogP contribution < -0.4 is 19.7 Å². The van der Waals surface area contributed by atoms with E-state index < -0.39 is 0 Å². The number of carbonyl (C=O) groups excluding carboxylic acids is 1. The number of hydrogen-bond donors (Lipinski definition) is 2. The minimum Gasteiger partial charge on any atom is -0.478 e. The fraction of sp³-hybridized carbons (Fsp3) is 0.475. The third-order valence-electron chi connectivity index (χ3n) is 9.58. The zero-order chi connectivity index (χ0) is 35.7. The van der Waals surface area contributed by atoms with E-state index in [1.165, 1.54) is 17.5 Å². The Labute approximate surface area is 301 Å². The van der Waals surface area contributed by atoms with E-state index in [9.17, 15) is 4.79 Å². The van der Waals surface area contributed by atoms with Crippen molar-refractivity contribution < 1.29 is 9.53 Å². The quantitative estimate of drug-likeness (QED) is 0.198. The van der Waals surface area contributed by atoms with Gasteiger partial charge in [-0.3, -0.25) is 14.5 Å². The van der Waals surface area contributed by atoms with Crippen LogP contribution in [-0.2, 0) is 5.41 Å². The van der Waals surface area contributed by atoms with E-state index in [0.717, 1.165) is 43.7 Å². The molecular weight excluding hydrogens is 643 g/mol. The molecule has 6 heterocycles. The summed E-state index contributed by atoms with van der Waals surface area (Å²) in [5, 5.41) is 4.39. The van der Waals surface area contributed by atoms with E-state index in [1.54, 1.807) is 0 Å². The van der Waals surface area contributed by atoms with Crippen molar-refractivity contribution in [2.75, 3.05) is 23.4 Å². The highest BCUT2D eigenvalue weighted by molar-refractivity contribution is 7.97. The number of nitrogens with zero attached hydrogens (tertiary/aromatic N) is 5. The molecule has 9 nitrogen and oxygen atoms in total. The lowest BCUT2D eigenvalue weighted by atomic mass is 9.86. The van der Waals surface area contributed by atoms with Gasteiger partial charge in [0.1, 0.15) is 16.7 Å². The standard InChI is InChI=1S/C40H51N7O2S/c1-38(2,3)20-22-49-34-13-9-11-29(43-34)30-18-16-28-36(44-30)47-25-26(24-40(47,7)8)15-17-31(32-23-27(19-21-41-32)39(4,5)6)42-33-12-10-14-35(45-33)50-46-37(28)48/h9-14,16,18-19,21,23,26,31H,15,17,20,22,24-25H2,1-8H3,(H,42,45)(H,46,48). The smallest absolute Gasteiger partial charge is 0.265 e. The predicted octanol–water partition coefficient (Wildman–Crippen LogP) is 9.04. The van der Waals surface area contributed by atoms with Gasteiger partial charge in [-0.25, -0.2) is 15.0 Å². The Morgan fingerprint density at radius 3 is 2.50 bits per heavy atom. The van der Waals surface area contributed by atoms with Crippen molar-refractivity contribution in [2.24, 2.45) is 11.3 Å². The summed E-state index contributed by atoms with van der Waals surface area (Å²) in [6.07, 6.45) is 5.68. The highest BCUT2D eigenvalue weighted by Gasteiger charge is 2.41. The Morgan fingerprint density at radius 2 is 1.72 bits per heavy atom. The van der Waals surface area contributed by atoms with Gasteiger partial charge >= 0.3 is 0 Å². The first-order valence-corrected chi connectivity index (χ1v) is 18.5. The normalized spacial score (nSPS) is 19.4. The number of anilines is 2. The molecule has 0 saturated carbocycles. The van der Waals surface area contributed by atoms with Crippen LogP contribution in [0.5, 0.6) is 5.88 Å². The van der Waals surface area contributed by atoms with Gasteiger partial charge in [-0.05, 0) is 104 Å². The topological polar surface area (TPSA) is 105 Å². The molecule has 4 aromatic heterocycles. The van der Waals surface area contributed by atoms with Crippen LogP contribution in [0.1, 0.15) is 109 Å². The van der Waals surface area contributed by atoms with Crippen molar-refractivity contribution in [1.82, 2.24) is 24.7 Å². The van der Waals surface area contributed by atoms with Gasteiger partial charge in [0.2, 0.25) is 5.88 Å². The Hall–Kier alpha value is -4.18. The van der Waals surface area contributed by atoms with Crippen LogP contribution in [-0.4, -0.2) is 44.5 Å². The lowest BCUT2D eigenvalue weighted by molar-refractivity contribution is 0.0984. The van der Waals surface area contributed by atoms with E-state index in [2.05, 4.69) is 82.5 Å². The second kappa shape index (κ2) is 14.2. The van der Waals surface area contributed by atoms with Crippen molar-refractivity contribution in [3.05, 3.63) is 83.7 Å². The highest BCUT2D eigenvalue weighted by Crippen LogP contribution is 2.41. The van der Waals surface area contributed by atoms with Gasteiger partial charge < -0.3 is 15.0 Å². The number of ether oxygens (including phenoxy) is 1. The lowest BCUT2D eigenvalue weighted by Crippen LogP contribution is -2.40. The molecule has 0 aromatic carbocycles. The molecule has 1 amide bonds. The van der Waals surface area contributed by atoms with Gasteiger partial charge in [-0.1, -0.05) is 53.7 Å². The van der Waals surface area contributed by atoms with E-state index in [4.69, 9.17) is 24.7 Å². The van der Waals surface area contributed by atoms with Gasteiger partial charge in [0.15, 0.2) is 0 Å². The van der Waals surface area contributed by atoms with Crippen LogP contribution in [0.4, 0.5) is 11.6 Å². The zero-order valence-electron chi connectivity index (χ0n) is 30.7. The third kappa shape index (κ3) is 8.57. The predicted molar refractivity (Wildman–Crippen MR) is 203 cm³/mol. The number of amides is 1. The maximum atomic E-state index is 13.9. The Bertz CT molecular complexity index is 1830. The minimum atomic E-state index is -0.222. The Kier molecular flexibility index (Phi) is 10.1. The van der Waals surface area contributed by atoms with Crippen LogP contribution >= 0.6 is 11.9 Å². The lowest BCUT2D eigenvalue weighted by Gasteiger charge is -2.34. The molecule has 264 valence electrons. The van der Waals surface area contributed by atoms with Gasteiger partial charge in [0, 0.05) is 36.3 Å². The number of nitrogens with one attached hydrogen (secondary N) is 2. The molecule has 6 rings (SSSR count). The molecule has 0 aliphatic carbocycles. The first-order valence-electron chi connectivity index (χ1n) is 17.7. The molecule has 0 radical (unpaired) electrons. The third-order valence-corrected chi connectivity index (χ3v) is 10.3. The fourth-order valence-corrected chi connectivity index (χ4v) is 7.31. The summed E-state index contributed by atoms with van der Waals surface area (Å²) >= 11 is 1.21. The van der Waals surface area contributed by atoms with E-state index in [1.807, 2.05) is 54.7 Å². The number of pyridine rings is 4. The number of aromatic nitrogens is 4. The summed E-state index contributed by atoms with van der Waals surface area (Å²) in [5.41, 5.74) is 4.16. The van der Waals surface area contributed by atoms with E-state index in [-0.39, 0.29) is 28.3 Å². The summed E-state index contributed by atoms with van der Waals surface area (Å²) in [6.45, 7) is 19.2. The molecular formula is C40H51N7O2S. The van der Waals surface area contributed by atoms with Gasteiger partial charge in [0.05, 0.1) is 35.3 Å². The largest absolute Gasteiger partial charge is 0.478 e. The van der Waals surface area contributed by atoms with Crippen molar-refractivity contribution in [2.45, 2.75) is 103 Å². The van der Waals surface area contributed by atoms with Crippen LogP contribution in [0.3, 0.4) is 0 Å². The fourth-order valence-electron chi connectivity index (χ4n) is 6.71. The molecule has 2 atom stereocenters. The maximum Gasteiger partial charge on any atom is 0.265 e. The molecule has 1 fully saturated rings. The Morgan fingerprint density at radius 1 is 0.940 bits per heavy atom. The van der Waals surface area contributed by atoms with Gasteiger partial charge in [-0.2, -0.15) is 0 Å². The zero-order valence-corrected chi connectivity index (χ0v) is 31.5. The number of carbonyl (C=O) groups is 1. The SMILES string of the molecule is CC(C)(C)CCOc1cccc(-c2ccc3c(n2)N2CC(CCC(c4cc(C(C)(C)C)ccn4)Nc4cccc(n4)SNC3=O)CC2(C)C)n1. The molecule has 4 bridgehead atoms. The summed E-state index contributed by atoms with van der Waals surface area (Å²) < 4.78 is 9.08. The van der Waals surface area contributed by atoms with Crippen molar-refractivity contribution in [1.29, 1.82) is 0 Å². The molecule has 1 saturated heterocycles. The second-order valence-corrected chi connectivity index (χ2v) is 17.3. The van der Waals surface area contributed by atoms with Crippen LogP contribution in [0, 0.1) is 11.3 Å². The molecule has 0 spiro atoms. The van der Waals surface area contributed by atoms with Crippen molar-refractivity contribution >= 4 is 29.5 Å². The maximum absolute atomic E-state index is 13.9. The van der Waals surface area contributed by atoms with E-state index >= 15 is 0 Å². The highest BCUT2D eigenvalue weighted by atomic mass is 32.2. The monoisotopic (exact) mass is 693 g/mol. The number of rotatable bonds is 5. The van der Waals surface area contributed by atoms with Crippen LogP contribution in [0.25, 0.3) is 11.4 Å². The first-order chi connectivity index (χ1) is 23.6. The average molecular weight is 694 g/mol. The first kappa shape index (κ1) is 35.6. The molecule has 2 aliphatic rings. The van der Waals surface area contributed by atoms with Crippen LogP contribution in [0.15, 0.2) is 71.9 Å². The molecule has 4 aromatic rings.